The molecule has 6 heteroatoms. The molecule has 4 N–H and O–H groups in total. The van der Waals surface area contributed by atoms with Gasteiger partial charge in [0, 0.05) is 6.04 Å². The second-order valence-electron chi connectivity index (χ2n) is 5.97. The number of nitrogens with one attached hydrogen (secondary N) is 2. The molecule has 2 rings (SSSR count). The Hall–Kier alpha value is -1.30. The van der Waals surface area contributed by atoms with E-state index in [2.05, 4.69) is 10.6 Å². The first-order valence-electron chi connectivity index (χ1n) is 7.53. The van der Waals surface area contributed by atoms with Crippen molar-refractivity contribution in [2.75, 3.05) is 0 Å². The van der Waals surface area contributed by atoms with Gasteiger partial charge in [0.1, 0.15) is 0 Å². The first kappa shape index (κ1) is 15.1. The van der Waals surface area contributed by atoms with Gasteiger partial charge in [-0.2, -0.15) is 0 Å². The topological polar surface area (TPSA) is 98.7 Å². The third-order valence-electron chi connectivity index (χ3n) is 4.20. The van der Waals surface area contributed by atoms with Crippen molar-refractivity contribution >= 4 is 12.0 Å². The lowest BCUT2D eigenvalue weighted by atomic mass is 10.1. The lowest BCUT2D eigenvalue weighted by molar-refractivity contribution is -0.137. The summed E-state index contributed by atoms with van der Waals surface area (Å²) in [7, 11) is 0. The van der Waals surface area contributed by atoms with Gasteiger partial charge in [0.2, 0.25) is 0 Å². The maximum absolute atomic E-state index is 12.0. The molecule has 2 aliphatic carbocycles. The molecule has 0 aromatic rings. The minimum absolute atomic E-state index is 0.0364. The molecule has 2 amide bonds. The van der Waals surface area contributed by atoms with Gasteiger partial charge in [0.05, 0.1) is 18.6 Å². The molecule has 6 nitrogen and oxygen atoms in total. The zero-order valence-corrected chi connectivity index (χ0v) is 11.7. The summed E-state index contributed by atoms with van der Waals surface area (Å²) in [6, 6.07) is -0.869. The smallest absolute Gasteiger partial charge is 0.315 e. The van der Waals surface area contributed by atoms with Crippen LogP contribution >= 0.6 is 0 Å². The first-order chi connectivity index (χ1) is 9.56. The van der Waals surface area contributed by atoms with Gasteiger partial charge in [-0.3, -0.25) is 4.79 Å². The normalized spacial score (nSPS) is 28.2. The molecule has 114 valence electrons. The zero-order valence-electron chi connectivity index (χ0n) is 11.7. The van der Waals surface area contributed by atoms with E-state index >= 15 is 0 Å². The Balaban J connectivity index is 1.81. The Bertz CT molecular complexity index is 357. The third-order valence-corrected chi connectivity index (χ3v) is 4.20. The zero-order chi connectivity index (χ0) is 14.5. The van der Waals surface area contributed by atoms with Crippen LogP contribution in [0.15, 0.2) is 0 Å². The number of carbonyl (C=O) groups excluding carboxylic acids is 1. The van der Waals surface area contributed by atoms with E-state index in [9.17, 15) is 14.7 Å². The van der Waals surface area contributed by atoms with E-state index in [-0.39, 0.29) is 30.5 Å². The highest BCUT2D eigenvalue weighted by atomic mass is 16.4. The van der Waals surface area contributed by atoms with Crippen LogP contribution in [0.4, 0.5) is 4.79 Å². The van der Waals surface area contributed by atoms with Gasteiger partial charge in [-0.1, -0.05) is 19.3 Å². The van der Waals surface area contributed by atoms with Crippen molar-refractivity contribution in [1.82, 2.24) is 10.6 Å². The molecule has 3 unspecified atom stereocenters. The van der Waals surface area contributed by atoms with Crippen LogP contribution in [0.1, 0.15) is 51.4 Å². The predicted octanol–water partition coefficient (Wildman–Crippen LogP) is 1.23. The summed E-state index contributed by atoms with van der Waals surface area (Å²) in [5.41, 5.74) is 0. The molecule has 2 fully saturated rings. The number of aliphatic carboxylic acids is 1. The van der Waals surface area contributed by atoms with Crippen LogP contribution in [0.2, 0.25) is 0 Å². The molecule has 2 saturated carbocycles. The van der Waals surface area contributed by atoms with Crippen molar-refractivity contribution in [3.05, 3.63) is 0 Å². The molecule has 0 spiro atoms. The lowest BCUT2D eigenvalue weighted by Crippen LogP contribution is -2.50. The number of carbonyl (C=O) groups is 2. The summed E-state index contributed by atoms with van der Waals surface area (Å²) >= 11 is 0. The number of carboxylic acids is 1. The van der Waals surface area contributed by atoms with Gasteiger partial charge in [0.25, 0.3) is 0 Å². The maximum atomic E-state index is 12.0. The molecule has 0 aliphatic heterocycles. The molecular weight excluding hydrogens is 260 g/mol. The van der Waals surface area contributed by atoms with Crippen molar-refractivity contribution in [2.24, 2.45) is 5.92 Å². The van der Waals surface area contributed by atoms with E-state index in [1.807, 2.05) is 0 Å². The number of aliphatic hydroxyl groups excluding tert-OH is 1. The second kappa shape index (κ2) is 6.92. The highest BCUT2D eigenvalue weighted by Crippen LogP contribution is 2.34. The van der Waals surface area contributed by atoms with Gasteiger partial charge < -0.3 is 20.8 Å². The molecule has 0 heterocycles. The number of carboxylic acid groups (broad SMARTS) is 1. The van der Waals surface area contributed by atoms with E-state index in [1.165, 1.54) is 0 Å². The number of hydrogen-bond acceptors (Lipinski definition) is 3. The monoisotopic (exact) mass is 284 g/mol. The van der Waals surface area contributed by atoms with E-state index in [1.54, 1.807) is 0 Å². The molecule has 2 aliphatic rings. The Morgan fingerprint density at radius 2 is 1.80 bits per heavy atom. The Labute approximate surface area is 118 Å². The minimum Gasteiger partial charge on any atom is -0.481 e. The van der Waals surface area contributed by atoms with E-state index in [0.29, 0.717) is 6.42 Å². The largest absolute Gasteiger partial charge is 0.481 e. The van der Waals surface area contributed by atoms with Gasteiger partial charge in [-0.05, 0) is 31.6 Å². The molecule has 0 aromatic carbocycles. The number of amides is 2. The quantitative estimate of drug-likeness (QED) is 0.571. The average molecular weight is 284 g/mol. The Morgan fingerprint density at radius 3 is 2.45 bits per heavy atom. The van der Waals surface area contributed by atoms with Crippen LogP contribution in [0.25, 0.3) is 0 Å². The standard InChI is InChI=1S/C14H24N2O4/c17-12-5-3-1-2-4-10(12)15-14(20)16-11(8-13(18)19)9-6-7-9/h9-12,17H,1-8H2,(H,18,19)(H2,15,16,20). The SMILES string of the molecule is O=C(O)CC(NC(=O)NC1CCCCCC1O)C1CC1. The maximum Gasteiger partial charge on any atom is 0.315 e. The van der Waals surface area contributed by atoms with Crippen LogP contribution in [-0.2, 0) is 4.79 Å². The number of aliphatic hydroxyl groups is 1. The van der Waals surface area contributed by atoms with Crippen molar-refractivity contribution in [3.8, 4) is 0 Å². The summed E-state index contributed by atoms with van der Waals surface area (Å²) in [6.07, 6.45) is 5.99. The van der Waals surface area contributed by atoms with Gasteiger partial charge in [-0.25, -0.2) is 4.79 Å². The summed E-state index contributed by atoms with van der Waals surface area (Å²) < 4.78 is 0. The van der Waals surface area contributed by atoms with Crippen LogP contribution in [0, 0.1) is 5.92 Å². The van der Waals surface area contributed by atoms with Crippen LogP contribution < -0.4 is 10.6 Å². The predicted molar refractivity (Wildman–Crippen MR) is 73.3 cm³/mol. The van der Waals surface area contributed by atoms with E-state index in [0.717, 1.165) is 38.5 Å². The summed E-state index contributed by atoms with van der Waals surface area (Å²) in [6.45, 7) is 0. The minimum atomic E-state index is -0.892. The highest BCUT2D eigenvalue weighted by molar-refractivity contribution is 5.76. The first-order valence-corrected chi connectivity index (χ1v) is 7.53. The summed E-state index contributed by atoms with van der Waals surface area (Å²) in [5.74, 6) is -0.604. The number of hydrogen-bond donors (Lipinski definition) is 4. The van der Waals surface area contributed by atoms with Gasteiger partial charge in [0.15, 0.2) is 0 Å². The van der Waals surface area contributed by atoms with E-state index < -0.39 is 12.1 Å². The van der Waals surface area contributed by atoms with Crippen LogP contribution in [0.3, 0.4) is 0 Å². The molecule has 0 radical (unpaired) electrons. The number of rotatable bonds is 5. The molecule has 0 bridgehead atoms. The molecular formula is C14H24N2O4. The van der Waals surface area contributed by atoms with Crippen LogP contribution in [0.5, 0.6) is 0 Å². The van der Waals surface area contributed by atoms with Crippen molar-refractivity contribution in [1.29, 1.82) is 0 Å². The molecule has 20 heavy (non-hydrogen) atoms. The van der Waals surface area contributed by atoms with Gasteiger partial charge in [-0.15, -0.1) is 0 Å². The number of urea groups is 1. The Kier molecular flexibility index (Phi) is 5.23. The second-order valence-corrected chi connectivity index (χ2v) is 5.97. The summed E-state index contributed by atoms with van der Waals surface area (Å²) in [5, 5.41) is 24.4. The lowest BCUT2D eigenvalue weighted by Gasteiger charge is -2.24. The van der Waals surface area contributed by atoms with Gasteiger partial charge >= 0.3 is 12.0 Å². The fourth-order valence-corrected chi connectivity index (χ4v) is 2.86. The molecule has 0 saturated heterocycles. The van der Waals surface area contributed by atoms with Crippen molar-refractivity contribution in [3.63, 3.8) is 0 Å². The van der Waals surface area contributed by atoms with Crippen molar-refractivity contribution < 1.29 is 19.8 Å². The third kappa shape index (κ3) is 4.67. The highest BCUT2D eigenvalue weighted by Gasteiger charge is 2.34. The average Bonchev–Trinajstić information content (AvgIpc) is 3.18. The van der Waals surface area contributed by atoms with E-state index in [4.69, 9.17) is 5.11 Å². The molecule has 3 atom stereocenters. The summed E-state index contributed by atoms with van der Waals surface area (Å²) in [4.78, 5) is 22.8. The molecule has 0 aromatic heterocycles. The fourth-order valence-electron chi connectivity index (χ4n) is 2.86. The van der Waals surface area contributed by atoms with Crippen molar-refractivity contribution in [2.45, 2.75) is 69.6 Å². The van der Waals surface area contributed by atoms with Crippen LogP contribution in [-0.4, -0.2) is 40.4 Å². The fraction of sp³-hybridized carbons (Fsp3) is 0.857. The Morgan fingerprint density at radius 1 is 1.10 bits per heavy atom.